The number of alkyl halides is 3. The van der Waals surface area contributed by atoms with E-state index in [9.17, 15) is 4.79 Å². The molecule has 0 aromatic heterocycles. The number of halogens is 3. The number of carbonyl (C=O) groups excluding carboxylic acids is 1. The van der Waals surface area contributed by atoms with Crippen LogP contribution in [-0.4, -0.2) is 26.9 Å². The number of carbonyl (C=O) groups is 1. The lowest BCUT2D eigenvalue weighted by Crippen LogP contribution is -2.50. The Hall–Kier alpha value is 1.07. The molecule has 0 aromatic rings. The molecule has 1 atom stereocenters. The van der Waals surface area contributed by atoms with E-state index in [1.54, 1.807) is 0 Å². The van der Waals surface area contributed by atoms with Crippen LogP contribution in [0.1, 0.15) is 0 Å². The van der Waals surface area contributed by atoms with Gasteiger partial charge in [-0.05, 0) is 0 Å². The van der Waals surface area contributed by atoms with E-state index in [2.05, 4.69) is 53.1 Å². The van der Waals surface area contributed by atoms with Gasteiger partial charge in [0.25, 0.3) is 0 Å². The first kappa shape index (κ1) is 9.16. The quantitative estimate of drug-likeness (QED) is 0.678. The lowest BCUT2D eigenvalue weighted by molar-refractivity contribution is -0.119. The van der Waals surface area contributed by atoms with Crippen LogP contribution in [-0.2, 0) is 4.79 Å². The molecule has 1 saturated heterocycles. The Bertz CT molecular complexity index is 159. The maximum Gasteiger partial charge on any atom is 0.176 e. The Balaban J connectivity index is 2.70. The van der Waals surface area contributed by atoms with Crippen molar-refractivity contribution in [1.82, 2.24) is 5.32 Å². The van der Waals surface area contributed by atoms with Crippen LogP contribution in [0, 0.1) is 0 Å². The highest BCUT2D eigenvalue weighted by Crippen LogP contribution is 2.31. The highest BCUT2D eigenvalue weighted by molar-refractivity contribution is 9.26. The number of ketones is 1. The summed E-state index contributed by atoms with van der Waals surface area (Å²) in [5, 5.41) is 3.09. The predicted octanol–water partition coefficient (Wildman–Crippen LogP) is 1.41. The van der Waals surface area contributed by atoms with Crippen molar-refractivity contribution in [2.24, 2.45) is 0 Å². The van der Waals surface area contributed by atoms with Crippen molar-refractivity contribution in [2.45, 2.75) is 8.06 Å². The lowest BCUT2D eigenvalue weighted by atomic mass is 10.1. The fourth-order valence-corrected chi connectivity index (χ4v) is 2.95. The van der Waals surface area contributed by atoms with Gasteiger partial charge < -0.3 is 5.32 Å². The first-order valence-corrected chi connectivity index (χ1v) is 5.31. The van der Waals surface area contributed by atoms with Crippen LogP contribution in [0.4, 0.5) is 0 Å². The number of rotatable bonds is 0. The molecule has 0 aliphatic carbocycles. The molecule has 0 amide bonds. The van der Waals surface area contributed by atoms with Crippen molar-refractivity contribution in [3.05, 3.63) is 0 Å². The van der Waals surface area contributed by atoms with Gasteiger partial charge in [-0.15, -0.1) is 0 Å². The molecule has 0 radical (unpaired) electrons. The summed E-state index contributed by atoms with van der Waals surface area (Å²) in [6.07, 6.45) is 0. The molecule has 10 heavy (non-hydrogen) atoms. The average molecular weight is 336 g/mol. The smallest absolute Gasteiger partial charge is 0.176 e. The fraction of sp³-hybridized carbons (Fsp3) is 0.800. The van der Waals surface area contributed by atoms with E-state index in [0.717, 1.165) is 0 Å². The summed E-state index contributed by atoms with van der Waals surface area (Å²) in [5.74, 6) is 0.145. The summed E-state index contributed by atoms with van der Waals surface area (Å²) in [6.45, 7) is 1.34. The van der Waals surface area contributed by atoms with Gasteiger partial charge in [-0.3, -0.25) is 4.79 Å². The second-order valence-corrected chi connectivity index (χ2v) is 7.04. The zero-order chi connectivity index (χ0) is 7.78. The maximum absolute atomic E-state index is 11.3. The zero-order valence-corrected chi connectivity index (χ0v) is 9.79. The molecule has 2 nitrogen and oxygen atoms in total. The van der Waals surface area contributed by atoms with E-state index in [1.807, 2.05) is 0 Å². The molecule has 1 rings (SSSR count). The van der Waals surface area contributed by atoms with Crippen molar-refractivity contribution in [3.8, 4) is 0 Å². The highest BCUT2D eigenvalue weighted by Gasteiger charge is 2.39. The molecule has 0 bridgehead atoms. The van der Waals surface area contributed by atoms with E-state index in [1.165, 1.54) is 0 Å². The van der Waals surface area contributed by atoms with E-state index in [4.69, 9.17) is 0 Å². The Morgan fingerprint density at radius 1 is 1.60 bits per heavy atom. The number of Topliss-reactive ketones (excluding diaryl/α,β-unsaturated/α-hetero) is 1. The minimum absolute atomic E-state index is 0.0833. The largest absolute Gasteiger partial charge is 0.312 e. The van der Waals surface area contributed by atoms with Crippen molar-refractivity contribution < 1.29 is 4.79 Å². The zero-order valence-electron chi connectivity index (χ0n) is 5.03. The molecule has 5 heteroatoms. The molecule has 1 N–H and O–H groups in total. The van der Waals surface area contributed by atoms with E-state index in [-0.39, 0.29) is 10.6 Å². The molecule has 58 valence electrons. The van der Waals surface area contributed by atoms with Crippen LogP contribution < -0.4 is 5.32 Å². The van der Waals surface area contributed by atoms with Crippen molar-refractivity contribution in [2.75, 3.05) is 13.1 Å². The van der Waals surface area contributed by atoms with Crippen molar-refractivity contribution in [1.29, 1.82) is 0 Å². The van der Waals surface area contributed by atoms with E-state index < -0.39 is 3.23 Å². The number of nitrogens with one attached hydrogen (secondary N) is 1. The first-order valence-electron chi connectivity index (χ1n) is 2.81. The third kappa shape index (κ3) is 1.81. The van der Waals surface area contributed by atoms with Crippen LogP contribution >= 0.6 is 47.8 Å². The molecule has 0 spiro atoms. The normalized spacial score (nSPS) is 32.3. The summed E-state index contributed by atoms with van der Waals surface area (Å²) in [6, 6.07) is 0. The summed E-state index contributed by atoms with van der Waals surface area (Å²) >= 11 is 9.80. The molecule has 0 saturated carbocycles. The topological polar surface area (TPSA) is 29.1 Å². The number of hydrogen-bond donors (Lipinski definition) is 1. The first-order chi connectivity index (χ1) is 4.54. The fourth-order valence-electron chi connectivity index (χ4n) is 0.765. The Morgan fingerprint density at radius 2 is 2.20 bits per heavy atom. The van der Waals surface area contributed by atoms with Gasteiger partial charge in [0.1, 0.15) is 0 Å². The molecule has 1 aliphatic heterocycles. The minimum atomic E-state index is -0.563. The second-order valence-electron chi connectivity index (χ2n) is 2.17. The Morgan fingerprint density at radius 3 is 2.60 bits per heavy atom. The molecule has 0 aromatic carbocycles. The minimum Gasteiger partial charge on any atom is -0.312 e. The van der Waals surface area contributed by atoms with Gasteiger partial charge >= 0.3 is 0 Å². The number of piperidine rings is 1. The Kier molecular flexibility index (Phi) is 2.94. The third-order valence-electron chi connectivity index (χ3n) is 1.32. The van der Waals surface area contributed by atoms with E-state index in [0.29, 0.717) is 13.1 Å². The highest BCUT2D eigenvalue weighted by atomic mass is 79.9. The average Bonchev–Trinajstić information content (AvgIpc) is 1.83. The van der Waals surface area contributed by atoms with Gasteiger partial charge in [-0.25, -0.2) is 0 Å². The monoisotopic (exact) mass is 333 g/mol. The van der Waals surface area contributed by atoms with Gasteiger partial charge in [0.15, 0.2) is 9.02 Å². The van der Waals surface area contributed by atoms with Crippen LogP contribution in [0.2, 0.25) is 0 Å². The standard InChI is InChI=1S/C5H6Br3NO/c6-3-1-9-2-5(7,8)4(3)10/h3,9H,1-2H2. The summed E-state index contributed by atoms with van der Waals surface area (Å²) in [5.41, 5.74) is 0. The SMILES string of the molecule is O=C1C(Br)CNCC1(Br)Br. The van der Waals surface area contributed by atoms with Gasteiger partial charge in [0, 0.05) is 13.1 Å². The second kappa shape index (κ2) is 3.21. The van der Waals surface area contributed by atoms with Gasteiger partial charge in [-0.2, -0.15) is 0 Å². The molecular formula is C5H6Br3NO. The van der Waals surface area contributed by atoms with Crippen LogP contribution in [0.15, 0.2) is 0 Å². The van der Waals surface area contributed by atoms with Crippen LogP contribution in [0.5, 0.6) is 0 Å². The molecule has 1 aliphatic rings. The summed E-state index contributed by atoms with van der Waals surface area (Å²) < 4.78 is -0.563. The van der Waals surface area contributed by atoms with Gasteiger partial charge in [0.2, 0.25) is 0 Å². The van der Waals surface area contributed by atoms with Gasteiger partial charge in [-0.1, -0.05) is 47.8 Å². The number of hydrogen-bond acceptors (Lipinski definition) is 2. The van der Waals surface area contributed by atoms with Gasteiger partial charge in [0.05, 0.1) is 4.83 Å². The maximum atomic E-state index is 11.3. The predicted molar refractivity (Wildman–Crippen MR) is 51.2 cm³/mol. The van der Waals surface area contributed by atoms with E-state index >= 15 is 0 Å². The molecule has 1 fully saturated rings. The van der Waals surface area contributed by atoms with Crippen molar-refractivity contribution >= 4 is 53.6 Å². The Labute approximate surface area is 84.5 Å². The molecule has 1 heterocycles. The van der Waals surface area contributed by atoms with Crippen LogP contribution in [0.3, 0.4) is 0 Å². The molecule has 1 unspecified atom stereocenters. The molecular weight excluding hydrogens is 330 g/mol. The third-order valence-corrected chi connectivity index (χ3v) is 3.40. The lowest BCUT2D eigenvalue weighted by Gasteiger charge is -2.28. The summed E-state index contributed by atoms with van der Waals surface area (Å²) in [4.78, 5) is 11.2. The summed E-state index contributed by atoms with van der Waals surface area (Å²) in [7, 11) is 0. The van der Waals surface area contributed by atoms with Crippen molar-refractivity contribution in [3.63, 3.8) is 0 Å². The van der Waals surface area contributed by atoms with Crippen LogP contribution in [0.25, 0.3) is 0 Å².